The smallest absolute Gasteiger partial charge is 0.271 e. The Morgan fingerprint density at radius 1 is 1.14 bits per heavy atom. The summed E-state index contributed by atoms with van der Waals surface area (Å²) in [4.78, 5) is 31.7. The number of amides is 2. The lowest BCUT2D eigenvalue weighted by Crippen LogP contribution is -2.44. The van der Waals surface area contributed by atoms with Gasteiger partial charge >= 0.3 is 0 Å². The predicted molar refractivity (Wildman–Crippen MR) is 82.1 cm³/mol. The summed E-state index contributed by atoms with van der Waals surface area (Å²) >= 11 is 0. The lowest BCUT2D eigenvalue weighted by molar-refractivity contribution is -0.121. The Hall–Kier alpha value is -2.02. The number of nitrogens with zero attached hydrogens (tertiary/aromatic N) is 2. The molecule has 0 spiro atoms. The average Bonchev–Trinajstić information content (AvgIpc) is 2.50. The fraction of sp³-hybridized carbons (Fsp3) is 0.600. The molecule has 1 aromatic rings. The largest absolute Gasteiger partial charge is 0.353 e. The Balaban J connectivity index is 1.76. The minimum absolute atomic E-state index is 0.00455. The van der Waals surface area contributed by atoms with Crippen LogP contribution in [0.2, 0.25) is 0 Å². The zero-order valence-electron chi connectivity index (χ0n) is 12.8. The summed E-state index contributed by atoms with van der Waals surface area (Å²) in [6.07, 6.45) is 6.85. The van der Waals surface area contributed by atoms with Gasteiger partial charge in [0.1, 0.15) is 5.69 Å². The van der Waals surface area contributed by atoms with Gasteiger partial charge in [-0.25, -0.2) is 4.98 Å². The van der Waals surface area contributed by atoms with E-state index in [4.69, 9.17) is 5.73 Å². The van der Waals surface area contributed by atoms with Crippen LogP contribution in [0.5, 0.6) is 0 Å². The van der Waals surface area contributed by atoms with Crippen molar-refractivity contribution in [2.45, 2.75) is 51.1 Å². The number of nitrogens with two attached hydrogens (primary N) is 1. The third kappa shape index (κ3) is 4.77. The van der Waals surface area contributed by atoms with Crippen molar-refractivity contribution in [3.8, 4) is 0 Å². The van der Waals surface area contributed by atoms with Gasteiger partial charge in [-0.3, -0.25) is 14.6 Å². The Kier molecular flexibility index (Phi) is 5.83. The molecule has 7 heteroatoms. The first kappa shape index (κ1) is 16.4. The molecule has 120 valence electrons. The second-order valence-corrected chi connectivity index (χ2v) is 5.67. The number of hydrogen-bond donors (Lipinski definition) is 3. The molecule has 0 saturated heterocycles. The van der Waals surface area contributed by atoms with Gasteiger partial charge in [-0.2, -0.15) is 0 Å². The highest BCUT2D eigenvalue weighted by Gasteiger charge is 2.24. The Bertz CT molecular complexity index is 509. The zero-order chi connectivity index (χ0) is 15.9. The summed E-state index contributed by atoms with van der Waals surface area (Å²) in [6.45, 7) is 2.20. The third-order valence-electron chi connectivity index (χ3n) is 3.81. The number of hydrogen-bond acceptors (Lipinski definition) is 5. The number of nitrogens with one attached hydrogen (secondary N) is 2. The van der Waals surface area contributed by atoms with E-state index in [9.17, 15) is 9.59 Å². The van der Waals surface area contributed by atoms with Crippen LogP contribution in [0, 0.1) is 6.92 Å². The van der Waals surface area contributed by atoms with Crippen LogP contribution in [0.4, 0.5) is 0 Å². The molecule has 1 aromatic heterocycles. The normalized spacial score (nSPS) is 21.2. The first-order chi connectivity index (χ1) is 10.6. The Labute approximate surface area is 130 Å². The average molecular weight is 305 g/mol. The summed E-state index contributed by atoms with van der Waals surface area (Å²) in [6, 6.07) is 0.310. The second-order valence-electron chi connectivity index (χ2n) is 5.67. The van der Waals surface area contributed by atoms with E-state index in [1.165, 1.54) is 6.20 Å². The Morgan fingerprint density at radius 2 is 1.77 bits per heavy atom. The van der Waals surface area contributed by atoms with Gasteiger partial charge in [-0.15, -0.1) is 0 Å². The van der Waals surface area contributed by atoms with Crippen molar-refractivity contribution in [2.24, 2.45) is 5.73 Å². The molecule has 0 atom stereocenters. The van der Waals surface area contributed by atoms with Crippen molar-refractivity contribution >= 4 is 11.8 Å². The fourth-order valence-corrected chi connectivity index (χ4v) is 2.58. The number of aromatic nitrogens is 2. The van der Waals surface area contributed by atoms with E-state index in [1.54, 1.807) is 6.20 Å². The van der Waals surface area contributed by atoms with Crippen molar-refractivity contribution in [3.63, 3.8) is 0 Å². The number of rotatable bonds is 5. The molecule has 1 fully saturated rings. The maximum atomic E-state index is 12.1. The van der Waals surface area contributed by atoms with Crippen LogP contribution in [0.25, 0.3) is 0 Å². The van der Waals surface area contributed by atoms with Gasteiger partial charge in [0.05, 0.1) is 11.9 Å². The van der Waals surface area contributed by atoms with Gasteiger partial charge in [0.25, 0.3) is 5.91 Å². The SMILES string of the molecule is Cc1cnc(C(=O)NC2CCC(NC(=O)CCN)CC2)cn1. The maximum absolute atomic E-state index is 12.1. The van der Waals surface area contributed by atoms with Crippen LogP contribution in [-0.4, -0.2) is 40.4 Å². The molecule has 4 N–H and O–H groups in total. The molecule has 0 radical (unpaired) electrons. The van der Waals surface area contributed by atoms with Gasteiger partial charge < -0.3 is 16.4 Å². The highest BCUT2D eigenvalue weighted by molar-refractivity contribution is 5.92. The van der Waals surface area contributed by atoms with E-state index >= 15 is 0 Å². The summed E-state index contributed by atoms with van der Waals surface area (Å²) < 4.78 is 0. The Morgan fingerprint density at radius 3 is 2.32 bits per heavy atom. The minimum atomic E-state index is -0.192. The molecular weight excluding hydrogens is 282 g/mol. The molecule has 1 heterocycles. The van der Waals surface area contributed by atoms with Gasteiger partial charge in [-0.05, 0) is 32.6 Å². The quantitative estimate of drug-likeness (QED) is 0.724. The van der Waals surface area contributed by atoms with Crippen LogP contribution in [-0.2, 0) is 4.79 Å². The van der Waals surface area contributed by atoms with E-state index in [-0.39, 0.29) is 23.9 Å². The molecule has 0 unspecified atom stereocenters. The third-order valence-corrected chi connectivity index (χ3v) is 3.81. The monoisotopic (exact) mass is 305 g/mol. The van der Waals surface area contributed by atoms with Crippen LogP contribution in [0.15, 0.2) is 12.4 Å². The van der Waals surface area contributed by atoms with Crippen LogP contribution < -0.4 is 16.4 Å². The molecule has 2 rings (SSSR count). The van der Waals surface area contributed by atoms with Crippen LogP contribution in [0.1, 0.15) is 48.3 Å². The topological polar surface area (TPSA) is 110 Å². The van der Waals surface area contributed by atoms with Crippen LogP contribution in [0.3, 0.4) is 0 Å². The molecular formula is C15H23N5O2. The van der Waals surface area contributed by atoms with E-state index in [1.807, 2.05) is 6.92 Å². The molecule has 0 aromatic carbocycles. The van der Waals surface area contributed by atoms with Gasteiger partial charge in [0.15, 0.2) is 0 Å². The fourth-order valence-electron chi connectivity index (χ4n) is 2.58. The summed E-state index contributed by atoms with van der Waals surface area (Å²) in [5.74, 6) is -0.187. The summed E-state index contributed by atoms with van der Waals surface area (Å²) in [5, 5.41) is 5.96. The van der Waals surface area contributed by atoms with Crippen molar-refractivity contribution in [1.29, 1.82) is 0 Å². The van der Waals surface area contributed by atoms with Crippen molar-refractivity contribution in [1.82, 2.24) is 20.6 Å². The van der Waals surface area contributed by atoms with E-state index < -0.39 is 0 Å². The van der Waals surface area contributed by atoms with Gasteiger partial charge in [0, 0.05) is 31.2 Å². The van der Waals surface area contributed by atoms with Gasteiger partial charge in [0.2, 0.25) is 5.91 Å². The van der Waals surface area contributed by atoms with E-state index in [0.29, 0.717) is 18.7 Å². The maximum Gasteiger partial charge on any atom is 0.271 e. The molecule has 7 nitrogen and oxygen atoms in total. The molecule has 0 aliphatic heterocycles. The molecule has 0 bridgehead atoms. The lowest BCUT2D eigenvalue weighted by Gasteiger charge is -2.29. The minimum Gasteiger partial charge on any atom is -0.353 e. The van der Waals surface area contributed by atoms with Crippen molar-refractivity contribution < 1.29 is 9.59 Å². The molecule has 1 aliphatic rings. The first-order valence-corrected chi connectivity index (χ1v) is 7.67. The highest BCUT2D eigenvalue weighted by Crippen LogP contribution is 2.19. The first-order valence-electron chi connectivity index (χ1n) is 7.67. The predicted octanol–water partition coefficient (Wildman–Crippen LogP) is 0.291. The summed E-state index contributed by atoms with van der Waals surface area (Å²) in [5.41, 5.74) is 6.48. The highest BCUT2D eigenvalue weighted by atomic mass is 16.2. The van der Waals surface area contributed by atoms with Crippen LogP contribution >= 0.6 is 0 Å². The molecule has 2 amide bonds. The zero-order valence-corrected chi connectivity index (χ0v) is 12.8. The standard InChI is InChI=1S/C15H23N5O2/c1-10-8-18-13(9-17-10)15(22)20-12-4-2-11(3-5-12)19-14(21)6-7-16/h8-9,11-12H,2-7,16H2,1H3,(H,19,21)(H,20,22). The van der Waals surface area contributed by atoms with E-state index in [0.717, 1.165) is 31.4 Å². The summed E-state index contributed by atoms with van der Waals surface area (Å²) in [7, 11) is 0. The van der Waals surface area contributed by atoms with Gasteiger partial charge in [-0.1, -0.05) is 0 Å². The number of carbonyl (C=O) groups is 2. The number of carbonyl (C=O) groups excluding carboxylic acids is 2. The molecule has 1 saturated carbocycles. The molecule has 22 heavy (non-hydrogen) atoms. The lowest BCUT2D eigenvalue weighted by atomic mass is 9.91. The van der Waals surface area contributed by atoms with Crippen molar-refractivity contribution in [2.75, 3.05) is 6.54 Å². The second kappa shape index (κ2) is 7.84. The van der Waals surface area contributed by atoms with E-state index in [2.05, 4.69) is 20.6 Å². The van der Waals surface area contributed by atoms with Crippen molar-refractivity contribution in [3.05, 3.63) is 23.8 Å². The molecule has 1 aliphatic carbocycles. The number of aryl methyl sites for hydroxylation is 1.